The van der Waals surface area contributed by atoms with E-state index < -0.39 is 48.5 Å². The number of fused-ring (bicyclic) bond motifs is 1. The van der Waals surface area contributed by atoms with Gasteiger partial charge in [-0.1, -0.05) is 19.9 Å². The highest BCUT2D eigenvalue weighted by Gasteiger charge is 2.50. The van der Waals surface area contributed by atoms with E-state index in [9.17, 15) is 18.0 Å². The average molecular weight is 718 g/mol. The summed E-state index contributed by atoms with van der Waals surface area (Å²) in [5, 5.41) is 2.63. The minimum atomic E-state index is -3.19. The summed E-state index contributed by atoms with van der Waals surface area (Å²) < 4.78 is 61.8. The number of thiocarbonyl (C=S) groups is 1. The quantitative estimate of drug-likeness (QED) is 0.0904. The minimum Gasteiger partial charge on any atom is -0.460 e. The summed E-state index contributed by atoms with van der Waals surface area (Å²) >= 11 is 5.69. The number of carbonyl (C=O) groups is 1. The number of nitrogens with one attached hydrogen (secondary N) is 3. The van der Waals surface area contributed by atoms with E-state index in [1.807, 2.05) is 32.4 Å². The Kier molecular flexibility index (Phi) is 12.0. The third-order valence-corrected chi connectivity index (χ3v) is 11.4. The first-order valence-electron chi connectivity index (χ1n) is 16.0. The number of amides is 1. The average Bonchev–Trinajstić information content (AvgIpc) is 3.57. The molecule has 2 aliphatic heterocycles. The molecule has 0 aromatic carbocycles. The van der Waals surface area contributed by atoms with Gasteiger partial charge in [-0.3, -0.25) is 24.5 Å². The van der Waals surface area contributed by atoms with Crippen molar-refractivity contribution < 1.29 is 33.2 Å². The van der Waals surface area contributed by atoms with Crippen LogP contribution in [-0.4, -0.2) is 110 Å². The fraction of sp³-hybridized carbons (Fsp3) is 0.679. The number of nitrogens with zero attached hydrogens (tertiary/aromatic N) is 5. The van der Waals surface area contributed by atoms with E-state index in [-0.39, 0.29) is 77.7 Å². The number of aromatic nitrogens is 4. The topological polar surface area (TPSA) is 182 Å². The number of ether oxygens (including phenoxy) is 2. The smallest absolute Gasteiger partial charge is 0.280 e. The third kappa shape index (κ3) is 8.92. The van der Waals surface area contributed by atoms with E-state index >= 15 is 0 Å². The van der Waals surface area contributed by atoms with E-state index in [0.717, 1.165) is 0 Å². The number of H-pyrrole nitrogens is 1. The maximum atomic E-state index is 13.0. The molecule has 262 valence electrons. The molecule has 0 saturated carbocycles. The number of imidazole rings is 1. The van der Waals surface area contributed by atoms with Gasteiger partial charge in [0.15, 0.2) is 33.3 Å². The molecule has 2 fully saturated rings. The maximum absolute atomic E-state index is 13.0. The Balaban J connectivity index is 1.77. The van der Waals surface area contributed by atoms with Crippen LogP contribution in [0.5, 0.6) is 0 Å². The van der Waals surface area contributed by atoms with E-state index in [0.29, 0.717) is 6.54 Å². The highest BCUT2D eigenvalue weighted by Crippen LogP contribution is 2.50. The lowest BCUT2D eigenvalue weighted by Crippen LogP contribution is -2.47. The van der Waals surface area contributed by atoms with Gasteiger partial charge >= 0.3 is 0 Å². The molecule has 5 atom stereocenters. The van der Waals surface area contributed by atoms with Gasteiger partial charge in [0, 0.05) is 39.0 Å². The van der Waals surface area contributed by atoms with Crippen molar-refractivity contribution >= 4 is 58.8 Å². The Morgan fingerprint density at radius 1 is 1.28 bits per heavy atom. The lowest BCUT2D eigenvalue weighted by atomic mass is 10.1. The van der Waals surface area contributed by atoms with Crippen LogP contribution in [0.1, 0.15) is 56.0 Å². The van der Waals surface area contributed by atoms with Gasteiger partial charge in [0.1, 0.15) is 6.10 Å². The maximum Gasteiger partial charge on any atom is 0.280 e. The summed E-state index contributed by atoms with van der Waals surface area (Å²) in [4.78, 5) is 38.3. The molecule has 2 saturated heterocycles. The summed E-state index contributed by atoms with van der Waals surface area (Å²) in [6.07, 6.45) is -0.888. The van der Waals surface area contributed by atoms with Gasteiger partial charge in [-0.15, -0.1) is 6.58 Å². The summed E-state index contributed by atoms with van der Waals surface area (Å²) in [6.45, 7) is 15.6. The van der Waals surface area contributed by atoms with E-state index in [4.69, 9.17) is 32.2 Å². The van der Waals surface area contributed by atoms with Gasteiger partial charge in [0.25, 0.3) is 19.3 Å². The summed E-state index contributed by atoms with van der Waals surface area (Å²) in [5.41, 5.74) is 2.36. The van der Waals surface area contributed by atoms with Crippen LogP contribution in [0.25, 0.3) is 11.2 Å². The predicted octanol–water partition coefficient (Wildman–Crippen LogP) is 2.47. The molecular formula is C28H45N8O8PS2. The van der Waals surface area contributed by atoms with Crippen molar-refractivity contribution in [2.24, 2.45) is 5.92 Å². The van der Waals surface area contributed by atoms with Crippen LogP contribution in [0.15, 0.2) is 23.8 Å². The monoisotopic (exact) mass is 717 g/mol. The van der Waals surface area contributed by atoms with E-state index in [1.54, 1.807) is 24.8 Å². The first-order chi connectivity index (χ1) is 22.7. The van der Waals surface area contributed by atoms with Gasteiger partial charge in [-0.2, -0.15) is 10.5 Å². The molecule has 2 aromatic heterocycles. The van der Waals surface area contributed by atoms with Crippen LogP contribution >= 0.6 is 20.7 Å². The second-order valence-corrected chi connectivity index (χ2v) is 16.0. The molecule has 2 aromatic rings. The predicted molar refractivity (Wildman–Crippen MR) is 182 cm³/mol. The van der Waals surface area contributed by atoms with Crippen LogP contribution in [-0.2, 0) is 33.3 Å². The van der Waals surface area contributed by atoms with Crippen LogP contribution in [0, 0.1) is 5.92 Å². The minimum absolute atomic E-state index is 0.00190. The molecule has 1 amide bonds. The Hall–Kier alpha value is -2.57. The summed E-state index contributed by atoms with van der Waals surface area (Å²) in [6, 6.07) is -0.00381. The molecule has 0 radical (unpaired) electrons. The highest BCUT2D eigenvalue weighted by molar-refractivity contribution is 7.91. The number of hydroxylamine groups is 1. The van der Waals surface area contributed by atoms with E-state index in [1.165, 1.54) is 10.9 Å². The summed E-state index contributed by atoms with van der Waals surface area (Å²) in [5.74, 6) is -0.953. The number of rotatable bonds is 13. The van der Waals surface area contributed by atoms with Crippen molar-refractivity contribution in [3.63, 3.8) is 0 Å². The number of hydrogen-bond acceptors (Lipinski definition) is 13. The fourth-order valence-electron chi connectivity index (χ4n) is 5.06. The number of aromatic amines is 1. The lowest BCUT2D eigenvalue weighted by Gasteiger charge is -2.38. The molecule has 2 unspecified atom stereocenters. The SMILES string of the molecule is [2H]C[C@H]1O[C@@H](n2cnc3c(=O)[nH]c(NC(=O)C(C)C)nc32)[C@@H](OC(=S)N2CCS(=O)(=O)CC2)C1OP(ONCC=C)N(C(C)C)C(C)C. The molecule has 2 aliphatic rings. The highest BCUT2D eigenvalue weighted by atomic mass is 32.2. The Bertz CT molecular complexity index is 1600. The third-order valence-electron chi connectivity index (χ3n) is 7.43. The van der Waals surface area contributed by atoms with Crippen molar-refractivity contribution in [1.82, 2.24) is 34.6 Å². The number of hydrogen-bond donors (Lipinski definition) is 3. The fourth-order valence-corrected chi connectivity index (χ4v) is 8.20. The lowest BCUT2D eigenvalue weighted by molar-refractivity contribution is -0.118. The zero-order valence-corrected chi connectivity index (χ0v) is 29.9. The second kappa shape index (κ2) is 15.8. The van der Waals surface area contributed by atoms with Crippen molar-refractivity contribution in [3.05, 3.63) is 29.3 Å². The van der Waals surface area contributed by atoms with E-state index in [2.05, 4.69) is 32.3 Å². The zero-order valence-electron chi connectivity index (χ0n) is 28.4. The Labute approximate surface area is 282 Å². The van der Waals surface area contributed by atoms with Gasteiger partial charge in [-0.05, 0) is 46.8 Å². The summed E-state index contributed by atoms with van der Waals surface area (Å²) in [7, 11) is -5.02. The number of sulfone groups is 1. The van der Waals surface area contributed by atoms with Crippen LogP contribution in [0.3, 0.4) is 0 Å². The Morgan fingerprint density at radius 3 is 2.55 bits per heavy atom. The van der Waals surface area contributed by atoms with Crippen LogP contribution < -0.4 is 16.4 Å². The van der Waals surface area contributed by atoms with Crippen LogP contribution in [0.4, 0.5) is 5.95 Å². The molecule has 16 nitrogen and oxygen atoms in total. The van der Waals surface area contributed by atoms with Crippen molar-refractivity contribution in [2.75, 3.05) is 36.5 Å². The molecule has 4 heterocycles. The molecule has 0 spiro atoms. The number of anilines is 1. The Morgan fingerprint density at radius 2 is 1.96 bits per heavy atom. The van der Waals surface area contributed by atoms with Gasteiger partial charge in [0.05, 0.1) is 23.9 Å². The molecule has 0 aliphatic carbocycles. The normalized spacial score (nSPS) is 23.9. The number of carbonyl (C=O) groups excluding carboxylic acids is 1. The van der Waals surface area contributed by atoms with Crippen molar-refractivity contribution in [3.8, 4) is 0 Å². The first kappa shape index (κ1) is 35.7. The molecule has 19 heteroatoms. The molecular weight excluding hydrogens is 671 g/mol. The van der Waals surface area contributed by atoms with Gasteiger partial charge < -0.3 is 18.9 Å². The van der Waals surface area contributed by atoms with Crippen LogP contribution in [0.2, 0.25) is 0 Å². The molecule has 47 heavy (non-hydrogen) atoms. The molecule has 4 rings (SSSR count). The molecule has 0 bridgehead atoms. The zero-order chi connectivity index (χ0) is 35.3. The van der Waals surface area contributed by atoms with Gasteiger partial charge in [-0.25, -0.2) is 22.7 Å². The van der Waals surface area contributed by atoms with Gasteiger partial charge in [0.2, 0.25) is 11.9 Å². The van der Waals surface area contributed by atoms with Crippen molar-refractivity contribution in [1.29, 1.82) is 0 Å². The first-order valence-corrected chi connectivity index (χ1v) is 18.7. The van der Waals surface area contributed by atoms with Crippen molar-refractivity contribution in [2.45, 2.75) is 85.1 Å². The molecule has 3 N–H and O–H groups in total. The standard InChI is InChI=1S/C28H45N8O8PS2/c1-9-10-30-44-45(36(17(4)5)18(6)7)43-21-19(8)41-26(22(21)42-28(46)34-11-13-47(39,40)14-12-34)35-15-29-20-23(35)31-27(33-25(20)38)32-24(37)16(2)3/h9,15-19,21-22,26,30H,1,10-14H2,2-8H3,(H2,31,32,33,37,38)/t19-,21?,22+,26-,45?/m1/s1/i8D. The largest absolute Gasteiger partial charge is 0.460 e. The second-order valence-electron chi connectivity index (χ2n) is 12.0.